The second-order valence-electron chi connectivity index (χ2n) is 5.10. The number of carbonyl (C=O) groups excluding carboxylic acids is 1. The van der Waals surface area contributed by atoms with E-state index in [0.717, 1.165) is 30.2 Å². The molecule has 0 aliphatic heterocycles. The molecule has 0 saturated heterocycles. The van der Waals surface area contributed by atoms with E-state index in [1.807, 2.05) is 45.2 Å². The number of nitrogens with one attached hydrogen (secondary N) is 2. The first-order chi connectivity index (χ1) is 10.0. The van der Waals surface area contributed by atoms with E-state index < -0.39 is 0 Å². The maximum atomic E-state index is 12.3. The molecule has 0 spiro atoms. The van der Waals surface area contributed by atoms with Gasteiger partial charge in [-0.1, -0.05) is 19.1 Å². The van der Waals surface area contributed by atoms with Gasteiger partial charge in [0.25, 0.3) is 5.91 Å². The first kappa shape index (κ1) is 15.3. The summed E-state index contributed by atoms with van der Waals surface area (Å²) >= 11 is 0. The zero-order chi connectivity index (χ0) is 15.4. The number of amides is 1. The Morgan fingerprint density at radius 1 is 1.24 bits per heavy atom. The molecule has 0 saturated carbocycles. The molecule has 1 aromatic carbocycles. The normalized spacial score (nSPS) is 10.7. The molecule has 0 fully saturated rings. The number of benzene rings is 1. The number of carbonyl (C=O) groups is 1. The fourth-order valence-electron chi connectivity index (χ4n) is 2.27. The molecular weight excluding hydrogens is 264 g/mol. The molecule has 0 bridgehead atoms. The molecule has 0 radical (unpaired) electrons. The maximum absolute atomic E-state index is 12.3. The van der Waals surface area contributed by atoms with Crippen molar-refractivity contribution >= 4 is 11.6 Å². The first-order valence-corrected chi connectivity index (χ1v) is 7.14. The lowest BCUT2D eigenvalue weighted by Gasteiger charge is -2.07. The van der Waals surface area contributed by atoms with Crippen molar-refractivity contribution in [2.75, 3.05) is 11.9 Å². The smallest absolute Gasteiger partial charge is 0.259 e. The summed E-state index contributed by atoms with van der Waals surface area (Å²) in [6.45, 7) is 7.60. The number of anilines is 1. The van der Waals surface area contributed by atoms with Crippen LogP contribution >= 0.6 is 0 Å². The topological polar surface area (TPSA) is 58.9 Å². The van der Waals surface area contributed by atoms with Gasteiger partial charge in [0, 0.05) is 25.0 Å². The van der Waals surface area contributed by atoms with Crippen LogP contribution in [-0.4, -0.2) is 22.2 Å². The highest BCUT2D eigenvalue weighted by molar-refractivity contribution is 6.05. The number of rotatable bonds is 5. The van der Waals surface area contributed by atoms with Crippen LogP contribution in [0.1, 0.15) is 34.2 Å². The van der Waals surface area contributed by atoms with E-state index in [0.29, 0.717) is 5.56 Å². The largest absolute Gasteiger partial charge is 0.322 e. The number of aromatic nitrogens is 2. The Balaban J connectivity index is 2.09. The standard InChI is InChI=1S/C16H22N4O/c1-5-17-10-13-6-8-14(9-7-13)18-16(21)15-11(2)19-20(4)12(15)3/h6-9,17H,5,10H2,1-4H3,(H,18,21). The van der Waals surface area contributed by atoms with Crippen LogP contribution < -0.4 is 10.6 Å². The molecule has 0 aliphatic carbocycles. The Hall–Kier alpha value is -2.14. The quantitative estimate of drug-likeness (QED) is 0.887. The number of hydrogen-bond acceptors (Lipinski definition) is 3. The molecule has 112 valence electrons. The second-order valence-corrected chi connectivity index (χ2v) is 5.10. The summed E-state index contributed by atoms with van der Waals surface area (Å²) in [6.07, 6.45) is 0. The molecule has 2 aromatic rings. The third-order valence-corrected chi connectivity index (χ3v) is 3.53. The summed E-state index contributed by atoms with van der Waals surface area (Å²) < 4.78 is 1.73. The van der Waals surface area contributed by atoms with Crippen molar-refractivity contribution in [1.29, 1.82) is 0 Å². The number of nitrogens with zero attached hydrogens (tertiary/aromatic N) is 2. The lowest BCUT2D eigenvalue weighted by molar-refractivity contribution is 0.102. The van der Waals surface area contributed by atoms with Crippen LogP contribution in [0.2, 0.25) is 0 Å². The van der Waals surface area contributed by atoms with Gasteiger partial charge in [-0.25, -0.2) is 0 Å². The predicted molar refractivity (Wildman–Crippen MR) is 84.5 cm³/mol. The molecule has 2 N–H and O–H groups in total. The van der Waals surface area contributed by atoms with E-state index in [9.17, 15) is 4.79 Å². The van der Waals surface area contributed by atoms with Crippen molar-refractivity contribution in [3.63, 3.8) is 0 Å². The van der Waals surface area contributed by atoms with Crippen molar-refractivity contribution in [3.05, 3.63) is 46.8 Å². The van der Waals surface area contributed by atoms with Gasteiger partial charge < -0.3 is 10.6 Å². The highest BCUT2D eigenvalue weighted by atomic mass is 16.1. The van der Waals surface area contributed by atoms with Crippen LogP contribution in [0.25, 0.3) is 0 Å². The zero-order valence-corrected chi connectivity index (χ0v) is 13.0. The monoisotopic (exact) mass is 286 g/mol. The Labute approximate surface area is 125 Å². The highest BCUT2D eigenvalue weighted by Gasteiger charge is 2.17. The zero-order valence-electron chi connectivity index (χ0n) is 13.0. The van der Waals surface area contributed by atoms with Gasteiger partial charge in [-0.15, -0.1) is 0 Å². The fraction of sp³-hybridized carbons (Fsp3) is 0.375. The van der Waals surface area contributed by atoms with Gasteiger partial charge in [-0.05, 0) is 38.1 Å². The molecule has 1 heterocycles. The van der Waals surface area contributed by atoms with Crippen LogP contribution in [0.5, 0.6) is 0 Å². The van der Waals surface area contributed by atoms with E-state index in [4.69, 9.17) is 0 Å². The number of aryl methyl sites for hydroxylation is 2. The summed E-state index contributed by atoms with van der Waals surface area (Å²) in [4.78, 5) is 12.3. The molecule has 5 nitrogen and oxygen atoms in total. The first-order valence-electron chi connectivity index (χ1n) is 7.14. The van der Waals surface area contributed by atoms with Gasteiger partial charge in [0.15, 0.2) is 0 Å². The summed E-state index contributed by atoms with van der Waals surface area (Å²) in [7, 11) is 1.84. The summed E-state index contributed by atoms with van der Waals surface area (Å²) in [5.41, 5.74) is 4.26. The van der Waals surface area contributed by atoms with Crippen LogP contribution in [-0.2, 0) is 13.6 Å². The van der Waals surface area contributed by atoms with Crippen LogP contribution in [0.3, 0.4) is 0 Å². The van der Waals surface area contributed by atoms with E-state index in [1.165, 1.54) is 5.56 Å². The predicted octanol–water partition coefficient (Wildman–Crippen LogP) is 2.40. The average molecular weight is 286 g/mol. The van der Waals surface area contributed by atoms with Crippen molar-refractivity contribution in [3.8, 4) is 0 Å². The summed E-state index contributed by atoms with van der Waals surface area (Å²) in [5.74, 6) is -0.113. The minimum Gasteiger partial charge on any atom is -0.322 e. The van der Waals surface area contributed by atoms with Gasteiger partial charge in [-0.3, -0.25) is 9.48 Å². The van der Waals surface area contributed by atoms with E-state index in [1.54, 1.807) is 4.68 Å². The van der Waals surface area contributed by atoms with Gasteiger partial charge in [0.1, 0.15) is 0 Å². The van der Waals surface area contributed by atoms with Crippen LogP contribution in [0.4, 0.5) is 5.69 Å². The van der Waals surface area contributed by atoms with Crippen molar-refractivity contribution in [1.82, 2.24) is 15.1 Å². The summed E-state index contributed by atoms with van der Waals surface area (Å²) in [5, 5.41) is 10.5. The molecule has 1 aromatic heterocycles. The van der Waals surface area contributed by atoms with Crippen LogP contribution in [0, 0.1) is 13.8 Å². The van der Waals surface area contributed by atoms with E-state index in [2.05, 4.69) is 22.7 Å². The van der Waals surface area contributed by atoms with Gasteiger partial charge in [-0.2, -0.15) is 5.10 Å². The molecule has 0 aliphatic rings. The molecule has 1 amide bonds. The molecule has 0 atom stereocenters. The maximum Gasteiger partial charge on any atom is 0.259 e. The second kappa shape index (κ2) is 6.54. The Morgan fingerprint density at radius 3 is 2.43 bits per heavy atom. The molecule has 21 heavy (non-hydrogen) atoms. The molecule has 2 rings (SSSR count). The van der Waals surface area contributed by atoms with Crippen molar-refractivity contribution < 1.29 is 4.79 Å². The van der Waals surface area contributed by atoms with Crippen molar-refractivity contribution in [2.24, 2.45) is 7.05 Å². The Morgan fingerprint density at radius 2 is 1.90 bits per heavy atom. The third kappa shape index (κ3) is 3.49. The third-order valence-electron chi connectivity index (χ3n) is 3.53. The fourth-order valence-corrected chi connectivity index (χ4v) is 2.27. The minimum absolute atomic E-state index is 0.113. The molecule has 0 unspecified atom stereocenters. The Bertz CT molecular complexity index is 628. The highest BCUT2D eigenvalue weighted by Crippen LogP contribution is 2.16. The van der Waals surface area contributed by atoms with Gasteiger partial charge in [0.2, 0.25) is 0 Å². The van der Waals surface area contributed by atoms with Gasteiger partial charge in [0.05, 0.1) is 11.3 Å². The lowest BCUT2D eigenvalue weighted by Crippen LogP contribution is -2.14. The average Bonchev–Trinajstić information content (AvgIpc) is 2.71. The number of hydrogen-bond donors (Lipinski definition) is 2. The molecule has 5 heteroatoms. The van der Waals surface area contributed by atoms with Gasteiger partial charge >= 0.3 is 0 Å². The SMILES string of the molecule is CCNCc1ccc(NC(=O)c2c(C)nn(C)c2C)cc1. The molecular formula is C16H22N4O. The van der Waals surface area contributed by atoms with Crippen LogP contribution in [0.15, 0.2) is 24.3 Å². The van der Waals surface area contributed by atoms with E-state index >= 15 is 0 Å². The van der Waals surface area contributed by atoms with Crippen molar-refractivity contribution in [2.45, 2.75) is 27.3 Å². The summed E-state index contributed by atoms with van der Waals surface area (Å²) in [6, 6.07) is 7.87. The van der Waals surface area contributed by atoms with E-state index in [-0.39, 0.29) is 5.91 Å². The minimum atomic E-state index is -0.113. The lowest BCUT2D eigenvalue weighted by atomic mass is 10.1. The Kier molecular flexibility index (Phi) is 4.75.